The van der Waals surface area contributed by atoms with E-state index in [9.17, 15) is 4.79 Å². The largest absolute Gasteiger partial charge is 0.494 e. The molecule has 0 spiro atoms. The van der Waals surface area contributed by atoms with E-state index >= 15 is 0 Å². The third-order valence-corrected chi connectivity index (χ3v) is 1.69. The average Bonchev–Trinajstić information content (AvgIpc) is 2.09. The molecule has 0 atom stereocenters. The molecule has 1 aromatic rings. The van der Waals surface area contributed by atoms with Gasteiger partial charge in [0.15, 0.2) is 0 Å². The van der Waals surface area contributed by atoms with E-state index in [-0.39, 0.29) is 0 Å². The molecule has 0 radical (unpaired) electrons. The summed E-state index contributed by atoms with van der Waals surface area (Å²) in [7, 11) is 0. The number of ether oxygens (including phenoxy) is 1. The molecule has 0 amide bonds. The quantitative estimate of drug-likeness (QED) is 0.640. The maximum atomic E-state index is 10.5. The first-order chi connectivity index (χ1) is 5.77. The van der Waals surface area contributed by atoms with Crippen LogP contribution in [0.4, 0.5) is 0 Å². The number of hydrogen-bond donors (Lipinski definition) is 0. The summed E-state index contributed by atoms with van der Waals surface area (Å²) in [6, 6.07) is 5.51. The Balaban J connectivity index is 2.96. The van der Waals surface area contributed by atoms with Crippen molar-refractivity contribution in [2.24, 2.45) is 0 Å². The minimum Gasteiger partial charge on any atom is -0.494 e. The van der Waals surface area contributed by atoms with E-state index in [1.54, 1.807) is 6.07 Å². The number of carbonyl (C=O) groups is 1. The van der Waals surface area contributed by atoms with E-state index in [2.05, 4.69) is 0 Å². The molecule has 0 bridgehead atoms. The topological polar surface area (TPSA) is 26.3 Å². The van der Waals surface area contributed by atoms with Crippen molar-refractivity contribution in [2.75, 3.05) is 6.61 Å². The molecule has 2 heteroatoms. The van der Waals surface area contributed by atoms with E-state index in [1.807, 2.05) is 26.0 Å². The van der Waals surface area contributed by atoms with Gasteiger partial charge in [0.05, 0.1) is 6.61 Å². The van der Waals surface area contributed by atoms with Crippen LogP contribution in [-0.2, 0) is 0 Å². The van der Waals surface area contributed by atoms with Crippen LogP contribution in [-0.4, -0.2) is 12.9 Å². The fourth-order valence-corrected chi connectivity index (χ4v) is 1.00. The van der Waals surface area contributed by atoms with Crippen molar-refractivity contribution in [3.63, 3.8) is 0 Å². The Hall–Kier alpha value is -1.31. The molecular formula is C10H12O2. The van der Waals surface area contributed by atoms with E-state index in [1.165, 1.54) is 0 Å². The van der Waals surface area contributed by atoms with Crippen LogP contribution in [0, 0.1) is 6.92 Å². The molecule has 12 heavy (non-hydrogen) atoms. The summed E-state index contributed by atoms with van der Waals surface area (Å²) < 4.78 is 5.24. The SMILES string of the molecule is CCOc1ccc(C)c(C=O)c1. The smallest absolute Gasteiger partial charge is 0.150 e. The van der Waals surface area contributed by atoms with Gasteiger partial charge < -0.3 is 4.74 Å². The Bertz CT molecular complexity index is 279. The van der Waals surface area contributed by atoms with Crippen LogP contribution in [0.1, 0.15) is 22.8 Å². The molecule has 0 fully saturated rings. The van der Waals surface area contributed by atoms with Crippen molar-refractivity contribution in [2.45, 2.75) is 13.8 Å². The lowest BCUT2D eigenvalue weighted by Gasteiger charge is -2.04. The van der Waals surface area contributed by atoms with Gasteiger partial charge in [0, 0.05) is 5.56 Å². The third-order valence-electron chi connectivity index (χ3n) is 1.69. The molecular weight excluding hydrogens is 152 g/mol. The van der Waals surface area contributed by atoms with Crippen molar-refractivity contribution in [1.29, 1.82) is 0 Å². The first-order valence-electron chi connectivity index (χ1n) is 3.96. The van der Waals surface area contributed by atoms with Crippen LogP contribution in [0.3, 0.4) is 0 Å². The van der Waals surface area contributed by atoms with Crippen LogP contribution in [0.25, 0.3) is 0 Å². The fraction of sp³-hybridized carbons (Fsp3) is 0.300. The molecule has 0 heterocycles. The lowest BCUT2D eigenvalue weighted by molar-refractivity contribution is 0.112. The number of carbonyl (C=O) groups excluding carboxylic acids is 1. The molecule has 2 nitrogen and oxygen atoms in total. The molecule has 0 unspecified atom stereocenters. The van der Waals surface area contributed by atoms with Crippen molar-refractivity contribution < 1.29 is 9.53 Å². The van der Waals surface area contributed by atoms with Crippen molar-refractivity contribution >= 4 is 6.29 Å². The summed E-state index contributed by atoms with van der Waals surface area (Å²) in [6.45, 7) is 4.45. The number of aldehydes is 1. The molecule has 0 aliphatic heterocycles. The molecule has 64 valence electrons. The van der Waals surface area contributed by atoms with E-state index in [4.69, 9.17) is 4.74 Å². The maximum Gasteiger partial charge on any atom is 0.150 e. The van der Waals surface area contributed by atoms with Crippen LogP contribution in [0.5, 0.6) is 5.75 Å². The predicted octanol–water partition coefficient (Wildman–Crippen LogP) is 2.21. The number of hydrogen-bond acceptors (Lipinski definition) is 2. The van der Waals surface area contributed by atoms with Gasteiger partial charge >= 0.3 is 0 Å². The molecule has 1 aromatic carbocycles. The second-order valence-corrected chi connectivity index (χ2v) is 2.57. The van der Waals surface area contributed by atoms with Gasteiger partial charge in [0.1, 0.15) is 12.0 Å². The second-order valence-electron chi connectivity index (χ2n) is 2.57. The zero-order valence-corrected chi connectivity index (χ0v) is 7.33. The highest BCUT2D eigenvalue weighted by Gasteiger charge is 1.98. The van der Waals surface area contributed by atoms with Gasteiger partial charge in [0.25, 0.3) is 0 Å². The number of rotatable bonds is 3. The highest BCUT2D eigenvalue weighted by Crippen LogP contribution is 2.15. The first kappa shape index (κ1) is 8.78. The van der Waals surface area contributed by atoms with Crippen LogP contribution in [0.2, 0.25) is 0 Å². The zero-order chi connectivity index (χ0) is 8.97. The van der Waals surface area contributed by atoms with Gasteiger partial charge in [0.2, 0.25) is 0 Å². The minimum absolute atomic E-state index is 0.626. The average molecular weight is 164 g/mol. The lowest BCUT2D eigenvalue weighted by atomic mass is 10.1. The van der Waals surface area contributed by atoms with E-state index in [0.29, 0.717) is 12.2 Å². The molecule has 1 rings (SSSR count). The lowest BCUT2D eigenvalue weighted by Crippen LogP contribution is -1.93. The van der Waals surface area contributed by atoms with Gasteiger partial charge in [-0.2, -0.15) is 0 Å². The predicted molar refractivity (Wildman–Crippen MR) is 47.7 cm³/mol. The van der Waals surface area contributed by atoms with Crippen LogP contribution >= 0.6 is 0 Å². The van der Waals surface area contributed by atoms with E-state index < -0.39 is 0 Å². The highest BCUT2D eigenvalue weighted by atomic mass is 16.5. The summed E-state index contributed by atoms with van der Waals surface area (Å²) in [6.07, 6.45) is 0.845. The summed E-state index contributed by atoms with van der Waals surface area (Å²) in [4.78, 5) is 10.5. The van der Waals surface area contributed by atoms with Crippen molar-refractivity contribution in [3.8, 4) is 5.75 Å². The fourth-order valence-electron chi connectivity index (χ4n) is 1.00. The summed E-state index contributed by atoms with van der Waals surface area (Å²) in [5, 5.41) is 0. The number of aryl methyl sites for hydroxylation is 1. The van der Waals surface area contributed by atoms with Crippen LogP contribution in [0.15, 0.2) is 18.2 Å². The monoisotopic (exact) mass is 164 g/mol. The van der Waals surface area contributed by atoms with Crippen molar-refractivity contribution in [3.05, 3.63) is 29.3 Å². The summed E-state index contributed by atoms with van der Waals surface area (Å²) >= 11 is 0. The Morgan fingerprint density at radius 2 is 2.25 bits per heavy atom. The van der Waals surface area contributed by atoms with Gasteiger partial charge in [-0.1, -0.05) is 6.07 Å². The van der Waals surface area contributed by atoms with Gasteiger partial charge in [-0.05, 0) is 31.5 Å². The summed E-state index contributed by atoms with van der Waals surface area (Å²) in [5.74, 6) is 0.755. The summed E-state index contributed by atoms with van der Waals surface area (Å²) in [5.41, 5.74) is 1.68. The molecule has 0 aliphatic carbocycles. The Kier molecular flexibility index (Phi) is 2.86. The van der Waals surface area contributed by atoms with Gasteiger partial charge in [-0.3, -0.25) is 4.79 Å². The van der Waals surface area contributed by atoms with E-state index in [0.717, 1.165) is 17.6 Å². The Labute approximate surface area is 72.2 Å². The Morgan fingerprint density at radius 1 is 1.50 bits per heavy atom. The van der Waals surface area contributed by atoms with Crippen molar-refractivity contribution in [1.82, 2.24) is 0 Å². The maximum absolute atomic E-state index is 10.5. The molecule has 0 saturated carbocycles. The first-order valence-corrected chi connectivity index (χ1v) is 3.96. The number of benzene rings is 1. The molecule has 0 N–H and O–H groups in total. The van der Waals surface area contributed by atoms with Gasteiger partial charge in [-0.25, -0.2) is 0 Å². The second kappa shape index (κ2) is 3.90. The van der Waals surface area contributed by atoms with Crippen LogP contribution < -0.4 is 4.74 Å². The standard InChI is InChI=1S/C10H12O2/c1-3-12-10-5-4-8(2)9(6-10)7-11/h4-7H,3H2,1-2H3. The minimum atomic E-state index is 0.626. The third kappa shape index (κ3) is 1.84. The molecule has 0 saturated heterocycles. The highest BCUT2D eigenvalue weighted by molar-refractivity contribution is 5.77. The normalized spacial score (nSPS) is 9.50. The zero-order valence-electron chi connectivity index (χ0n) is 7.33. The van der Waals surface area contributed by atoms with Gasteiger partial charge in [-0.15, -0.1) is 0 Å². The Morgan fingerprint density at radius 3 is 2.83 bits per heavy atom. The molecule has 0 aliphatic rings. The molecule has 0 aromatic heterocycles.